The van der Waals surface area contributed by atoms with E-state index in [1.807, 2.05) is 35.0 Å². The minimum absolute atomic E-state index is 0.198. The molecule has 1 atom stereocenters. The largest absolute Gasteiger partial charge is 0.491 e. The fourth-order valence-corrected chi connectivity index (χ4v) is 4.95. The molecular formula is C28H29N3O4. The van der Waals surface area contributed by atoms with E-state index < -0.39 is 17.9 Å². The summed E-state index contributed by atoms with van der Waals surface area (Å²) in [6, 6.07) is 14.8. The Labute approximate surface area is 204 Å². The summed E-state index contributed by atoms with van der Waals surface area (Å²) in [7, 11) is 0. The molecule has 3 heterocycles. The number of nitrogens with zero attached hydrogens (tertiary/aromatic N) is 2. The number of carbonyl (C=O) groups excluding carboxylic acids is 2. The third-order valence-corrected chi connectivity index (χ3v) is 6.64. The Hall–Kier alpha value is -3.68. The van der Waals surface area contributed by atoms with Crippen molar-refractivity contribution in [3.8, 4) is 5.75 Å². The maximum Gasteiger partial charge on any atom is 0.259 e. The minimum atomic E-state index is -0.567. The van der Waals surface area contributed by atoms with E-state index in [1.165, 1.54) is 19.3 Å². The standard InChI is InChI=1S/C28H29N3O4/c1-2-31-17-23(22-8-4-5-9-24(22)31)26-25(27(33)29-28(26)34)19-10-12-21(13-11-19)35-18-20(32)16-30-14-6-3-7-15-30/h2,4-5,8-13,17,20,32H,1,3,6-7,14-16,18H2,(H,29,33,34). The lowest BCUT2D eigenvalue weighted by Gasteiger charge is -2.28. The number of imide groups is 1. The predicted molar refractivity (Wildman–Crippen MR) is 137 cm³/mol. The van der Waals surface area contributed by atoms with Crippen molar-refractivity contribution >= 4 is 40.1 Å². The fraction of sp³-hybridized carbons (Fsp3) is 0.286. The minimum Gasteiger partial charge on any atom is -0.491 e. The average molecular weight is 472 g/mol. The smallest absolute Gasteiger partial charge is 0.259 e. The first-order valence-corrected chi connectivity index (χ1v) is 12.0. The van der Waals surface area contributed by atoms with Crippen molar-refractivity contribution in [1.82, 2.24) is 14.8 Å². The molecule has 0 radical (unpaired) electrons. The number of rotatable bonds is 8. The Kier molecular flexibility index (Phi) is 6.53. The van der Waals surface area contributed by atoms with E-state index in [0.717, 1.165) is 24.0 Å². The van der Waals surface area contributed by atoms with Crippen LogP contribution in [0.15, 0.2) is 61.3 Å². The second kappa shape index (κ2) is 9.90. The van der Waals surface area contributed by atoms with Gasteiger partial charge in [-0.15, -0.1) is 0 Å². The molecule has 0 spiro atoms. The number of aliphatic hydroxyl groups is 1. The zero-order chi connectivity index (χ0) is 24.4. The van der Waals surface area contributed by atoms with Gasteiger partial charge in [-0.05, 0) is 49.7 Å². The van der Waals surface area contributed by atoms with Crippen LogP contribution in [0.25, 0.3) is 28.2 Å². The number of ether oxygens (including phenoxy) is 1. The van der Waals surface area contributed by atoms with E-state index >= 15 is 0 Å². The molecule has 0 aliphatic carbocycles. The Morgan fingerprint density at radius 1 is 1.00 bits per heavy atom. The zero-order valence-electron chi connectivity index (χ0n) is 19.6. The molecule has 7 nitrogen and oxygen atoms in total. The van der Waals surface area contributed by atoms with Gasteiger partial charge in [-0.25, -0.2) is 0 Å². The third-order valence-electron chi connectivity index (χ3n) is 6.64. The van der Waals surface area contributed by atoms with Crippen LogP contribution in [0, 0.1) is 0 Å². The number of amides is 2. The van der Waals surface area contributed by atoms with Crippen LogP contribution in [-0.2, 0) is 9.59 Å². The number of fused-ring (bicyclic) bond motifs is 1. The van der Waals surface area contributed by atoms with Crippen LogP contribution in [0.3, 0.4) is 0 Å². The highest BCUT2D eigenvalue weighted by atomic mass is 16.5. The quantitative estimate of drug-likeness (QED) is 0.491. The molecule has 2 aliphatic heterocycles. The van der Waals surface area contributed by atoms with Crippen molar-refractivity contribution in [2.45, 2.75) is 25.4 Å². The highest BCUT2D eigenvalue weighted by Crippen LogP contribution is 2.36. The van der Waals surface area contributed by atoms with E-state index in [4.69, 9.17) is 4.74 Å². The molecule has 35 heavy (non-hydrogen) atoms. The lowest BCUT2D eigenvalue weighted by Crippen LogP contribution is -2.38. The number of piperidine rings is 1. The van der Waals surface area contributed by atoms with Crippen molar-refractivity contribution in [3.05, 3.63) is 72.4 Å². The molecular weight excluding hydrogens is 442 g/mol. The second-order valence-electron chi connectivity index (χ2n) is 9.03. The van der Waals surface area contributed by atoms with Crippen LogP contribution in [0.5, 0.6) is 5.75 Å². The first-order valence-electron chi connectivity index (χ1n) is 12.0. The molecule has 1 unspecified atom stereocenters. The summed E-state index contributed by atoms with van der Waals surface area (Å²) in [6.07, 6.45) is 6.54. The van der Waals surface area contributed by atoms with E-state index in [9.17, 15) is 14.7 Å². The Bertz CT molecular complexity index is 1300. The first kappa shape index (κ1) is 23.1. The number of hydrogen-bond donors (Lipinski definition) is 2. The Morgan fingerprint density at radius 2 is 1.71 bits per heavy atom. The highest BCUT2D eigenvalue weighted by molar-refractivity contribution is 6.50. The monoisotopic (exact) mass is 471 g/mol. The van der Waals surface area contributed by atoms with Crippen molar-refractivity contribution in [2.75, 3.05) is 26.2 Å². The van der Waals surface area contributed by atoms with Gasteiger partial charge < -0.3 is 19.3 Å². The first-order chi connectivity index (χ1) is 17.0. The van der Waals surface area contributed by atoms with Gasteiger partial charge in [0.05, 0.1) is 16.7 Å². The van der Waals surface area contributed by atoms with Gasteiger partial charge in [0.2, 0.25) is 0 Å². The zero-order valence-corrected chi connectivity index (χ0v) is 19.6. The summed E-state index contributed by atoms with van der Waals surface area (Å²) in [4.78, 5) is 27.9. The van der Waals surface area contributed by atoms with Gasteiger partial charge >= 0.3 is 0 Å². The molecule has 1 saturated heterocycles. The molecule has 7 heteroatoms. The molecule has 2 aliphatic rings. The lowest BCUT2D eigenvalue weighted by molar-refractivity contribution is -0.122. The summed E-state index contributed by atoms with van der Waals surface area (Å²) in [6.45, 7) is 6.70. The molecule has 1 fully saturated rings. The molecule has 2 aromatic carbocycles. The molecule has 0 bridgehead atoms. The van der Waals surface area contributed by atoms with E-state index in [1.54, 1.807) is 30.5 Å². The number of carbonyl (C=O) groups is 2. The van der Waals surface area contributed by atoms with Crippen LogP contribution in [0.2, 0.25) is 0 Å². The molecule has 180 valence electrons. The normalized spacial score (nSPS) is 17.6. The van der Waals surface area contributed by atoms with Gasteiger partial charge in [-0.2, -0.15) is 0 Å². The van der Waals surface area contributed by atoms with Crippen molar-refractivity contribution < 1.29 is 19.4 Å². The van der Waals surface area contributed by atoms with Crippen molar-refractivity contribution in [2.24, 2.45) is 0 Å². The molecule has 2 N–H and O–H groups in total. The van der Waals surface area contributed by atoms with Gasteiger partial charge in [-0.1, -0.05) is 43.3 Å². The summed E-state index contributed by atoms with van der Waals surface area (Å²) in [5.74, 6) is -0.245. The van der Waals surface area contributed by atoms with E-state index in [2.05, 4.69) is 16.8 Å². The number of likely N-dealkylation sites (tertiary alicyclic amines) is 1. The van der Waals surface area contributed by atoms with Crippen LogP contribution in [-0.4, -0.2) is 58.7 Å². The van der Waals surface area contributed by atoms with Gasteiger partial charge in [0.1, 0.15) is 18.5 Å². The maximum absolute atomic E-state index is 12.8. The molecule has 5 rings (SSSR count). The summed E-state index contributed by atoms with van der Waals surface area (Å²) < 4.78 is 7.63. The number of hydrogen-bond acceptors (Lipinski definition) is 5. The lowest BCUT2D eigenvalue weighted by atomic mass is 9.96. The topological polar surface area (TPSA) is 83.8 Å². The number of para-hydroxylation sites is 1. The maximum atomic E-state index is 12.8. The number of benzene rings is 2. The summed E-state index contributed by atoms with van der Waals surface area (Å²) in [5.41, 5.74) is 2.89. The molecule has 3 aromatic rings. The SMILES string of the molecule is C=Cn1cc(C2=C(c3ccc(OCC(O)CN4CCCCC4)cc3)C(=O)NC2=O)c2ccccc21. The number of aromatic nitrogens is 1. The van der Waals surface area contributed by atoms with Gasteiger partial charge in [0, 0.05) is 29.9 Å². The summed E-state index contributed by atoms with van der Waals surface area (Å²) >= 11 is 0. The third kappa shape index (κ3) is 4.65. The van der Waals surface area contributed by atoms with E-state index in [-0.39, 0.29) is 6.61 Å². The van der Waals surface area contributed by atoms with Crippen LogP contribution in [0.4, 0.5) is 0 Å². The number of aliphatic hydroxyl groups excluding tert-OH is 1. The predicted octanol–water partition coefficient (Wildman–Crippen LogP) is 3.53. The van der Waals surface area contributed by atoms with Crippen molar-refractivity contribution in [3.63, 3.8) is 0 Å². The number of β-amino-alcohol motifs (C(OH)–C–C–N with tert-alkyl or cyclic N) is 1. The molecule has 1 aromatic heterocycles. The fourth-order valence-electron chi connectivity index (χ4n) is 4.95. The molecule has 0 saturated carbocycles. The van der Waals surface area contributed by atoms with Crippen LogP contribution in [0.1, 0.15) is 30.4 Å². The van der Waals surface area contributed by atoms with Crippen LogP contribution < -0.4 is 10.1 Å². The van der Waals surface area contributed by atoms with Gasteiger partial charge in [-0.3, -0.25) is 14.9 Å². The second-order valence-corrected chi connectivity index (χ2v) is 9.03. The Morgan fingerprint density at radius 3 is 2.46 bits per heavy atom. The average Bonchev–Trinajstić information content (AvgIpc) is 3.39. The van der Waals surface area contributed by atoms with Gasteiger partial charge in [0.25, 0.3) is 11.8 Å². The number of nitrogens with one attached hydrogen (secondary N) is 1. The van der Waals surface area contributed by atoms with Gasteiger partial charge in [0.15, 0.2) is 0 Å². The van der Waals surface area contributed by atoms with Crippen LogP contribution >= 0.6 is 0 Å². The molecule has 2 amide bonds. The van der Waals surface area contributed by atoms with Crippen molar-refractivity contribution in [1.29, 1.82) is 0 Å². The summed E-state index contributed by atoms with van der Waals surface area (Å²) in [5, 5.41) is 13.7. The Balaban J connectivity index is 1.38. The van der Waals surface area contributed by atoms with E-state index in [0.29, 0.717) is 34.6 Å². The highest BCUT2D eigenvalue weighted by Gasteiger charge is 2.33.